The summed E-state index contributed by atoms with van der Waals surface area (Å²) in [6, 6.07) is 0. The molecular weight excluding hydrogens is 316 g/mol. The number of carbonyl (C=O) groups excluding carboxylic acids is 1. The number of carbonyl (C=O) groups is 1. The van der Waals surface area contributed by atoms with Gasteiger partial charge in [0.05, 0.1) is 12.2 Å². The fourth-order valence-electron chi connectivity index (χ4n) is 7.30. The summed E-state index contributed by atoms with van der Waals surface area (Å²) in [5.74, 6) is 0.559. The maximum atomic E-state index is 12.3. The SMILES string of the molecule is CC(=O)[C@@]1(O)C[C@@H](O)[C@H]2[C@@H]3CC=C4C[C@@H](O)CC[C@]4(C)[C@H]3CC[C@@]21C. The van der Waals surface area contributed by atoms with Crippen molar-refractivity contribution in [1.29, 1.82) is 0 Å². The summed E-state index contributed by atoms with van der Waals surface area (Å²) in [4.78, 5) is 12.3. The second kappa shape index (κ2) is 5.40. The molecule has 4 aliphatic rings. The molecule has 3 saturated carbocycles. The second-order valence-corrected chi connectivity index (χ2v) is 9.72. The highest BCUT2D eigenvalue weighted by molar-refractivity contribution is 5.86. The van der Waals surface area contributed by atoms with E-state index in [4.69, 9.17) is 0 Å². The predicted molar refractivity (Wildman–Crippen MR) is 94.7 cm³/mol. The molecule has 25 heavy (non-hydrogen) atoms. The highest BCUT2D eigenvalue weighted by Gasteiger charge is 2.68. The van der Waals surface area contributed by atoms with Crippen LogP contribution < -0.4 is 0 Å². The van der Waals surface area contributed by atoms with Crippen molar-refractivity contribution in [3.63, 3.8) is 0 Å². The normalized spacial score (nSPS) is 55.0. The lowest BCUT2D eigenvalue weighted by Crippen LogP contribution is -2.57. The van der Waals surface area contributed by atoms with E-state index in [0.29, 0.717) is 11.8 Å². The minimum absolute atomic E-state index is 0.0263. The van der Waals surface area contributed by atoms with Gasteiger partial charge in [0.1, 0.15) is 5.60 Å². The van der Waals surface area contributed by atoms with Gasteiger partial charge < -0.3 is 15.3 Å². The van der Waals surface area contributed by atoms with Gasteiger partial charge in [-0.1, -0.05) is 25.5 Å². The summed E-state index contributed by atoms with van der Waals surface area (Å²) < 4.78 is 0. The van der Waals surface area contributed by atoms with Gasteiger partial charge in [0.25, 0.3) is 0 Å². The number of hydrogen-bond acceptors (Lipinski definition) is 4. The van der Waals surface area contributed by atoms with Crippen molar-refractivity contribution < 1.29 is 20.1 Å². The Balaban J connectivity index is 1.73. The van der Waals surface area contributed by atoms with Crippen LogP contribution >= 0.6 is 0 Å². The van der Waals surface area contributed by atoms with Crippen LogP contribution in [0.3, 0.4) is 0 Å². The van der Waals surface area contributed by atoms with E-state index in [-0.39, 0.29) is 29.6 Å². The van der Waals surface area contributed by atoms with E-state index in [2.05, 4.69) is 13.0 Å². The van der Waals surface area contributed by atoms with E-state index in [1.54, 1.807) is 0 Å². The van der Waals surface area contributed by atoms with E-state index >= 15 is 0 Å². The van der Waals surface area contributed by atoms with Gasteiger partial charge in [0.15, 0.2) is 5.78 Å². The van der Waals surface area contributed by atoms with Crippen molar-refractivity contribution in [2.24, 2.45) is 28.6 Å². The van der Waals surface area contributed by atoms with Crippen LogP contribution in [0, 0.1) is 28.6 Å². The van der Waals surface area contributed by atoms with E-state index in [1.807, 2.05) is 6.92 Å². The Kier molecular flexibility index (Phi) is 3.82. The highest BCUT2D eigenvalue weighted by Crippen LogP contribution is 2.67. The van der Waals surface area contributed by atoms with Gasteiger partial charge in [-0.2, -0.15) is 0 Å². The van der Waals surface area contributed by atoms with Crippen LogP contribution in [0.1, 0.15) is 65.7 Å². The van der Waals surface area contributed by atoms with Crippen LogP contribution in [0.25, 0.3) is 0 Å². The van der Waals surface area contributed by atoms with E-state index in [9.17, 15) is 20.1 Å². The molecule has 4 nitrogen and oxygen atoms in total. The maximum Gasteiger partial charge on any atom is 0.161 e. The van der Waals surface area contributed by atoms with Gasteiger partial charge in [-0.15, -0.1) is 0 Å². The minimum Gasteiger partial charge on any atom is -0.393 e. The van der Waals surface area contributed by atoms with Gasteiger partial charge in [0, 0.05) is 11.8 Å². The van der Waals surface area contributed by atoms with Crippen molar-refractivity contribution in [2.45, 2.75) is 83.5 Å². The molecule has 0 unspecified atom stereocenters. The Hall–Kier alpha value is -0.710. The first-order chi connectivity index (χ1) is 11.6. The van der Waals surface area contributed by atoms with Crippen LogP contribution in [-0.2, 0) is 4.79 Å². The number of fused-ring (bicyclic) bond motifs is 5. The molecule has 0 aliphatic heterocycles. The van der Waals surface area contributed by atoms with Crippen molar-refractivity contribution in [3.05, 3.63) is 11.6 Å². The Morgan fingerprint density at radius 2 is 1.92 bits per heavy atom. The van der Waals surface area contributed by atoms with Crippen LogP contribution in [-0.4, -0.2) is 38.9 Å². The number of aliphatic hydroxyl groups is 3. The monoisotopic (exact) mass is 348 g/mol. The molecule has 0 radical (unpaired) electrons. The number of aliphatic hydroxyl groups excluding tert-OH is 2. The lowest BCUT2D eigenvalue weighted by molar-refractivity contribution is -0.160. The lowest BCUT2D eigenvalue weighted by Gasteiger charge is -2.58. The first kappa shape index (κ1) is 17.7. The molecule has 3 N–H and O–H groups in total. The van der Waals surface area contributed by atoms with Gasteiger partial charge in [-0.25, -0.2) is 0 Å². The molecule has 8 atom stereocenters. The zero-order chi connectivity index (χ0) is 18.2. The molecule has 0 amide bonds. The number of hydrogen-bond donors (Lipinski definition) is 3. The summed E-state index contributed by atoms with van der Waals surface area (Å²) in [7, 11) is 0. The molecule has 140 valence electrons. The van der Waals surface area contributed by atoms with Crippen LogP contribution in [0.2, 0.25) is 0 Å². The largest absolute Gasteiger partial charge is 0.393 e. The maximum absolute atomic E-state index is 12.3. The number of allylic oxidation sites excluding steroid dienone is 1. The summed E-state index contributed by atoms with van der Waals surface area (Å²) in [6.45, 7) is 5.83. The molecule has 4 heteroatoms. The topological polar surface area (TPSA) is 77.8 Å². The Morgan fingerprint density at radius 1 is 1.20 bits per heavy atom. The molecule has 0 bridgehead atoms. The molecule has 4 rings (SSSR count). The third kappa shape index (κ3) is 2.14. The van der Waals surface area contributed by atoms with Crippen LogP contribution in [0.4, 0.5) is 0 Å². The van der Waals surface area contributed by atoms with E-state index < -0.39 is 17.1 Å². The zero-order valence-electron chi connectivity index (χ0n) is 15.7. The van der Waals surface area contributed by atoms with Gasteiger partial charge in [0.2, 0.25) is 0 Å². The average Bonchev–Trinajstić information content (AvgIpc) is 2.75. The summed E-state index contributed by atoms with van der Waals surface area (Å²) in [6.07, 6.45) is 6.95. The summed E-state index contributed by atoms with van der Waals surface area (Å²) >= 11 is 0. The summed E-state index contributed by atoms with van der Waals surface area (Å²) in [5.41, 5.74) is -0.434. The molecule has 0 aromatic rings. The molecule has 3 fully saturated rings. The molecule has 0 saturated heterocycles. The summed E-state index contributed by atoms with van der Waals surface area (Å²) in [5, 5.41) is 32.1. The number of ketones is 1. The standard InChI is InChI=1S/C21H32O4/c1-12(22)21(25)11-17(24)18-15-5-4-13-10-14(23)6-8-19(13,2)16(15)7-9-20(18,21)3/h4,14-18,23-25H,5-11H2,1-3H3/t14-,15+,16-,17+,18+,19-,20-,21-/m0/s1. The van der Waals surface area contributed by atoms with Crippen molar-refractivity contribution in [1.82, 2.24) is 0 Å². The average molecular weight is 348 g/mol. The molecule has 4 aliphatic carbocycles. The van der Waals surface area contributed by atoms with E-state index in [1.165, 1.54) is 12.5 Å². The predicted octanol–water partition coefficient (Wildman–Crippen LogP) is 2.60. The van der Waals surface area contributed by atoms with Crippen LogP contribution in [0.15, 0.2) is 11.6 Å². The molecule has 0 heterocycles. The first-order valence-electron chi connectivity index (χ1n) is 9.92. The lowest BCUT2D eigenvalue weighted by atomic mass is 9.46. The molecule has 0 spiro atoms. The van der Waals surface area contributed by atoms with Gasteiger partial charge in [-0.05, 0) is 68.6 Å². The van der Waals surface area contributed by atoms with E-state index in [0.717, 1.165) is 38.5 Å². The fraction of sp³-hybridized carbons (Fsp3) is 0.857. The first-order valence-corrected chi connectivity index (χ1v) is 9.92. The third-order valence-corrected chi connectivity index (χ3v) is 8.78. The number of Topliss-reactive ketones (excluding diaryl/α,β-unsaturated/α-hetero) is 1. The van der Waals surface area contributed by atoms with Crippen molar-refractivity contribution >= 4 is 5.78 Å². The highest BCUT2D eigenvalue weighted by atomic mass is 16.3. The Morgan fingerprint density at radius 3 is 2.60 bits per heavy atom. The zero-order valence-corrected chi connectivity index (χ0v) is 15.7. The Bertz CT molecular complexity index is 627. The quantitative estimate of drug-likeness (QED) is 0.637. The molecular formula is C21H32O4. The Labute approximate surface area is 150 Å². The van der Waals surface area contributed by atoms with Crippen molar-refractivity contribution in [2.75, 3.05) is 0 Å². The van der Waals surface area contributed by atoms with Crippen LogP contribution in [0.5, 0.6) is 0 Å². The van der Waals surface area contributed by atoms with Gasteiger partial charge in [-0.3, -0.25) is 4.79 Å². The molecule has 0 aromatic heterocycles. The number of rotatable bonds is 1. The van der Waals surface area contributed by atoms with Crippen molar-refractivity contribution in [3.8, 4) is 0 Å². The minimum atomic E-state index is -1.39. The fourth-order valence-corrected chi connectivity index (χ4v) is 7.30. The van der Waals surface area contributed by atoms with Gasteiger partial charge >= 0.3 is 0 Å². The second-order valence-electron chi connectivity index (χ2n) is 9.72. The third-order valence-electron chi connectivity index (χ3n) is 8.78. The molecule has 0 aromatic carbocycles. The smallest absolute Gasteiger partial charge is 0.161 e.